The normalized spacial score (nSPS) is 12.0. The van der Waals surface area contributed by atoms with Crippen LogP contribution in [0, 0.1) is 0 Å². The van der Waals surface area contributed by atoms with E-state index in [1.165, 1.54) is 12.1 Å². The van der Waals surface area contributed by atoms with Crippen LogP contribution in [0.2, 0.25) is 15.3 Å². The molecule has 20 heavy (non-hydrogen) atoms. The van der Waals surface area contributed by atoms with E-state index in [4.69, 9.17) is 34.8 Å². The molecule has 0 bridgehead atoms. The van der Waals surface area contributed by atoms with Crippen molar-refractivity contribution in [3.8, 4) is 0 Å². The first-order valence-electron chi connectivity index (χ1n) is 5.86. The summed E-state index contributed by atoms with van der Waals surface area (Å²) in [6.07, 6.45) is 0. The first kappa shape index (κ1) is 15.1. The lowest BCUT2D eigenvalue weighted by molar-refractivity contribution is 0.0940. The zero-order valence-corrected chi connectivity index (χ0v) is 12.8. The molecule has 0 aliphatic rings. The fraction of sp³-hybridized carbons (Fsp3) is 0.143. The van der Waals surface area contributed by atoms with Gasteiger partial charge in [-0.3, -0.25) is 4.79 Å². The molecular weight excluding hydrogens is 319 g/mol. The molecule has 1 aromatic carbocycles. The number of nitrogens with one attached hydrogen (secondary N) is 1. The minimum Gasteiger partial charge on any atom is -0.345 e. The molecule has 1 heterocycles. The van der Waals surface area contributed by atoms with Crippen molar-refractivity contribution < 1.29 is 4.79 Å². The van der Waals surface area contributed by atoms with E-state index in [2.05, 4.69) is 10.3 Å². The largest absolute Gasteiger partial charge is 0.345 e. The number of carbonyl (C=O) groups excluding carboxylic acids is 1. The smallest absolute Gasteiger partial charge is 0.251 e. The molecule has 1 aromatic heterocycles. The number of nitrogens with zero attached hydrogens (tertiary/aromatic N) is 1. The first-order valence-corrected chi connectivity index (χ1v) is 6.99. The maximum absolute atomic E-state index is 12.1. The van der Waals surface area contributed by atoms with Crippen molar-refractivity contribution in [1.29, 1.82) is 0 Å². The van der Waals surface area contributed by atoms with E-state index >= 15 is 0 Å². The summed E-state index contributed by atoms with van der Waals surface area (Å²) in [6, 6.07) is 10.0. The molecule has 0 fully saturated rings. The Morgan fingerprint density at radius 3 is 2.35 bits per heavy atom. The number of aromatic nitrogens is 1. The highest BCUT2D eigenvalue weighted by Crippen LogP contribution is 2.23. The molecule has 0 aliphatic carbocycles. The maximum atomic E-state index is 12.1. The third-order valence-corrected chi connectivity index (χ3v) is 3.48. The summed E-state index contributed by atoms with van der Waals surface area (Å²) in [7, 11) is 0. The van der Waals surface area contributed by atoms with Gasteiger partial charge in [0.25, 0.3) is 5.91 Å². The number of pyridine rings is 1. The summed E-state index contributed by atoms with van der Waals surface area (Å²) < 4.78 is 0. The van der Waals surface area contributed by atoms with Crippen LogP contribution in [-0.4, -0.2) is 10.9 Å². The Hall–Kier alpha value is -1.29. The topological polar surface area (TPSA) is 42.0 Å². The fourth-order valence-electron chi connectivity index (χ4n) is 1.78. The zero-order chi connectivity index (χ0) is 14.7. The van der Waals surface area contributed by atoms with Gasteiger partial charge in [0.1, 0.15) is 10.3 Å². The Morgan fingerprint density at radius 2 is 1.75 bits per heavy atom. The van der Waals surface area contributed by atoms with Crippen molar-refractivity contribution >= 4 is 40.7 Å². The highest BCUT2D eigenvalue weighted by atomic mass is 35.5. The van der Waals surface area contributed by atoms with E-state index in [-0.39, 0.29) is 22.3 Å². The summed E-state index contributed by atoms with van der Waals surface area (Å²) in [5.74, 6) is -0.288. The lowest BCUT2D eigenvalue weighted by atomic mass is 10.1. The number of benzene rings is 1. The minimum absolute atomic E-state index is 0.174. The number of carbonyl (C=O) groups is 1. The Morgan fingerprint density at radius 1 is 1.15 bits per heavy atom. The predicted octanol–water partition coefficient (Wildman–Crippen LogP) is 4.53. The third-order valence-electron chi connectivity index (χ3n) is 2.74. The second kappa shape index (κ2) is 6.44. The standard InChI is InChI=1S/C14H11Cl3N2O/c1-8(10-4-2-3-5-11(10)15)18-14(20)9-6-12(16)19-13(17)7-9/h2-8H,1H3,(H,18,20). The highest BCUT2D eigenvalue weighted by Gasteiger charge is 2.14. The Bertz CT molecular complexity index is 626. The SMILES string of the molecule is CC(NC(=O)c1cc(Cl)nc(Cl)c1)c1ccccc1Cl. The van der Waals surface area contributed by atoms with Crippen molar-refractivity contribution in [2.75, 3.05) is 0 Å². The number of hydrogen-bond donors (Lipinski definition) is 1. The molecule has 1 N–H and O–H groups in total. The first-order chi connectivity index (χ1) is 9.47. The summed E-state index contributed by atoms with van der Waals surface area (Å²) in [4.78, 5) is 15.9. The number of rotatable bonds is 3. The van der Waals surface area contributed by atoms with Gasteiger partial charge in [-0.2, -0.15) is 0 Å². The molecule has 1 amide bonds. The number of hydrogen-bond acceptors (Lipinski definition) is 2. The van der Waals surface area contributed by atoms with Gasteiger partial charge in [0.05, 0.1) is 6.04 Å². The lowest BCUT2D eigenvalue weighted by Gasteiger charge is -2.15. The summed E-state index contributed by atoms with van der Waals surface area (Å²) in [5, 5.41) is 3.79. The predicted molar refractivity (Wildman–Crippen MR) is 81.6 cm³/mol. The molecule has 0 aliphatic heterocycles. The minimum atomic E-state index is -0.288. The summed E-state index contributed by atoms with van der Waals surface area (Å²) >= 11 is 17.6. The van der Waals surface area contributed by atoms with Crippen LogP contribution >= 0.6 is 34.8 Å². The van der Waals surface area contributed by atoms with E-state index in [0.29, 0.717) is 10.6 Å². The zero-order valence-electron chi connectivity index (χ0n) is 10.5. The van der Waals surface area contributed by atoms with Crippen LogP contribution < -0.4 is 5.32 Å². The molecule has 2 aromatic rings. The molecule has 1 unspecified atom stereocenters. The van der Waals surface area contributed by atoms with E-state index in [0.717, 1.165) is 5.56 Å². The second-order valence-electron chi connectivity index (χ2n) is 4.22. The summed E-state index contributed by atoms with van der Waals surface area (Å²) in [5.41, 5.74) is 1.20. The molecule has 104 valence electrons. The van der Waals surface area contributed by atoms with Crippen molar-refractivity contribution in [2.45, 2.75) is 13.0 Å². The average Bonchev–Trinajstić information content (AvgIpc) is 2.37. The van der Waals surface area contributed by atoms with Crippen molar-refractivity contribution in [3.63, 3.8) is 0 Å². The van der Waals surface area contributed by atoms with Gasteiger partial charge in [-0.15, -0.1) is 0 Å². The molecular formula is C14H11Cl3N2O. The van der Waals surface area contributed by atoms with Gasteiger partial charge >= 0.3 is 0 Å². The van der Waals surface area contributed by atoms with Crippen LogP contribution in [0.25, 0.3) is 0 Å². The van der Waals surface area contributed by atoms with Crippen molar-refractivity contribution in [2.24, 2.45) is 0 Å². The van der Waals surface area contributed by atoms with Crippen LogP contribution in [0.4, 0.5) is 0 Å². The molecule has 2 rings (SSSR count). The third kappa shape index (κ3) is 3.63. The number of halogens is 3. The van der Waals surface area contributed by atoms with Gasteiger partial charge < -0.3 is 5.32 Å². The molecule has 0 spiro atoms. The van der Waals surface area contributed by atoms with Gasteiger partial charge in [0.15, 0.2) is 0 Å². The maximum Gasteiger partial charge on any atom is 0.251 e. The van der Waals surface area contributed by atoms with Crippen LogP contribution in [0.5, 0.6) is 0 Å². The monoisotopic (exact) mass is 328 g/mol. The molecule has 0 saturated carbocycles. The lowest BCUT2D eigenvalue weighted by Crippen LogP contribution is -2.26. The van der Waals surface area contributed by atoms with Crippen LogP contribution in [0.1, 0.15) is 28.9 Å². The van der Waals surface area contributed by atoms with E-state index < -0.39 is 0 Å². The fourth-order valence-corrected chi connectivity index (χ4v) is 2.54. The Balaban J connectivity index is 2.17. The Labute approximate surface area is 131 Å². The molecule has 3 nitrogen and oxygen atoms in total. The van der Waals surface area contributed by atoms with Crippen molar-refractivity contribution in [3.05, 3.63) is 62.9 Å². The average molecular weight is 330 g/mol. The molecule has 0 saturated heterocycles. The van der Waals surface area contributed by atoms with Crippen LogP contribution in [0.3, 0.4) is 0 Å². The van der Waals surface area contributed by atoms with Gasteiger partial charge in [-0.25, -0.2) is 4.98 Å². The van der Waals surface area contributed by atoms with E-state index in [1.807, 2.05) is 25.1 Å². The molecule has 0 radical (unpaired) electrons. The van der Waals surface area contributed by atoms with Crippen LogP contribution in [0.15, 0.2) is 36.4 Å². The molecule has 1 atom stereocenters. The van der Waals surface area contributed by atoms with E-state index in [1.54, 1.807) is 6.07 Å². The van der Waals surface area contributed by atoms with Gasteiger partial charge in [0, 0.05) is 10.6 Å². The quantitative estimate of drug-likeness (QED) is 0.840. The second-order valence-corrected chi connectivity index (χ2v) is 5.40. The van der Waals surface area contributed by atoms with Gasteiger partial charge in [-0.05, 0) is 30.7 Å². The molecule has 6 heteroatoms. The van der Waals surface area contributed by atoms with Crippen molar-refractivity contribution in [1.82, 2.24) is 10.3 Å². The van der Waals surface area contributed by atoms with E-state index in [9.17, 15) is 4.79 Å². The van der Waals surface area contributed by atoms with Crippen LogP contribution in [-0.2, 0) is 0 Å². The van der Waals surface area contributed by atoms with Gasteiger partial charge in [-0.1, -0.05) is 53.0 Å². The summed E-state index contributed by atoms with van der Waals surface area (Å²) in [6.45, 7) is 1.85. The number of amides is 1. The Kier molecular flexibility index (Phi) is 4.86. The van der Waals surface area contributed by atoms with Gasteiger partial charge in [0.2, 0.25) is 0 Å². The highest BCUT2D eigenvalue weighted by molar-refractivity contribution is 6.33.